The number of ether oxygens (including phenoxy) is 1. The first-order valence-corrected chi connectivity index (χ1v) is 8.20. The Labute approximate surface area is 156 Å². The van der Waals surface area contributed by atoms with Crippen LogP contribution in [0.15, 0.2) is 72.9 Å². The number of anilines is 2. The molecule has 0 saturated heterocycles. The van der Waals surface area contributed by atoms with Crippen LogP contribution in [0, 0.1) is 0 Å². The Kier molecular flexibility index (Phi) is 5.64. The fraction of sp³-hybridized carbons (Fsp3) is 0.0500. The molecule has 136 valence electrons. The monoisotopic (exact) mass is 362 g/mol. The van der Waals surface area contributed by atoms with E-state index in [0.717, 1.165) is 0 Å². The van der Waals surface area contributed by atoms with Gasteiger partial charge in [-0.2, -0.15) is 0 Å². The molecule has 0 fully saturated rings. The number of benzene rings is 2. The minimum Gasteiger partial charge on any atom is -0.495 e. The molecule has 2 amide bonds. The van der Waals surface area contributed by atoms with Gasteiger partial charge in [0.15, 0.2) is 0 Å². The number of methoxy groups -OCH3 is 1. The van der Waals surface area contributed by atoms with Gasteiger partial charge >= 0.3 is 0 Å². The zero-order valence-corrected chi connectivity index (χ0v) is 14.6. The molecule has 0 saturated carbocycles. The lowest BCUT2D eigenvalue weighted by molar-refractivity contribution is 0.0847. The third-order valence-electron chi connectivity index (χ3n) is 3.74. The SMILES string of the molecule is COc1ccccc1Nc1ncccc1C(=O)NNC(=O)c1ccccc1. The number of para-hydroxylation sites is 2. The molecule has 0 atom stereocenters. The molecule has 0 bridgehead atoms. The van der Waals surface area contributed by atoms with E-state index in [1.54, 1.807) is 61.8 Å². The van der Waals surface area contributed by atoms with Crippen molar-refractivity contribution < 1.29 is 14.3 Å². The van der Waals surface area contributed by atoms with Gasteiger partial charge in [-0.15, -0.1) is 0 Å². The largest absolute Gasteiger partial charge is 0.495 e. The Morgan fingerprint density at radius 3 is 2.33 bits per heavy atom. The number of nitrogens with zero attached hydrogens (tertiary/aromatic N) is 1. The topological polar surface area (TPSA) is 92.3 Å². The molecule has 27 heavy (non-hydrogen) atoms. The lowest BCUT2D eigenvalue weighted by atomic mass is 10.2. The second-order valence-electron chi connectivity index (χ2n) is 5.50. The molecule has 3 N–H and O–H groups in total. The van der Waals surface area contributed by atoms with Gasteiger partial charge in [0.2, 0.25) is 0 Å². The van der Waals surface area contributed by atoms with E-state index in [-0.39, 0.29) is 5.56 Å². The van der Waals surface area contributed by atoms with Gasteiger partial charge in [0.25, 0.3) is 11.8 Å². The summed E-state index contributed by atoms with van der Waals surface area (Å²) in [5.74, 6) is 0.0530. The minimum absolute atomic E-state index is 0.275. The second-order valence-corrected chi connectivity index (χ2v) is 5.50. The molecule has 0 spiro atoms. The second kappa shape index (κ2) is 8.48. The maximum absolute atomic E-state index is 12.5. The molecule has 7 nitrogen and oxygen atoms in total. The smallest absolute Gasteiger partial charge is 0.273 e. The van der Waals surface area contributed by atoms with Gasteiger partial charge in [0.1, 0.15) is 11.6 Å². The molecule has 0 unspecified atom stereocenters. The molecule has 7 heteroatoms. The summed E-state index contributed by atoms with van der Waals surface area (Å²) in [6.45, 7) is 0. The lowest BCUT2D eigenvalue weighted by Crippen LogP contribution is -2.41. The Morgan fingerprint density at radius 1 is 0.852 bits per heavy atom. The van der Waals surface area contributed by atoms with Crippen molar-refractivity contribution in [2.24, 2.45) is 0 Å². The lowest BCUT2D eigenvalue weighted by Gasteiger charge is -2.13. The van der Waals surface area contributed by atoms with Gasteiger partial charge in [0, 0.05) is 11.8 Å². The van der Waals surface area contributed by atoms with Gasteiger partial charge in [-0.3, -0.25) is 20.4 Å². The zero-order chi connectivity index (χ0) is 19.1. The number of carbonyl (C=O) groups is 2. The van der Waals surface area contributed by atoms with E-state index in [1.807, 2.05) is 18.2 Å². The normalized spacial score (nSPS) is 9.96. The van der Waals surface area contributed by atoms with Crippen molar-refractivity contribution in [2.45, 2.75) is 0 Å². The van der Waals surface area contributed by atoms with Gasteiger partial charge < -0.3 is 10.1 Å². The van der Waals surface area contributed by atoms with Gasteiger partial charge in [-0.25, -0.2) is 4.98 Å². The van der Waals surface area contributed by atoms with Crippen molar-refractivity contribution in [1.82, 2.24) is 15.8 Å². The van der Waals surface area contributed by atoms with Crippen LogP contribution in [0.2, 0.25) is 0 Å². The first kappa shape index (κ1) is 17.9. The van der Waals surface area contributed by atoms with Crippen LogP contribution >= 0.6 is 0 Å². The Bertz CT molecular complexity index is 945. The number of nitrogens with one attached hydrogen (secondary N) is 3. The summed E-state index contributed by atoms with van der Waals surface area (Å²) in [5.41, 5.74) is 6.18. The van der Waals surface area contributed by atoms with Crippen LogP contribution in [0.1, 0.15) is 20.7 Å². The van der Waals surface area contributed by atoms with E-state index in [2.05, 4.69) is 21.2 Å². The molecule has 0 aliphatic rings. The summed E-state index contributed by atoms with van der Waals surface area (Å²) in [4.78, 5) is 28.8. The van der Waals surface area contributed by atoms with Crippen LogP contribution in [0.25, 0.3) is 0 Å². The van der Waals surface area contributed by atoms with Gasteiger partial charge in [-0.05, 0) is 36.4 Å². The average molecular weight is 362 g/mol. The minimum atomic E-state index is -0.496. The van der Waals surface area contributed by atoms with Crippen LogP contribution < -0.4 is 20.9 Å². The molecule has 3 aromatic rings. The van der Waals surface area contributed by atoms with Crippen LogP contribution in [-0.4, -0.2) is 23.9 Å². The molecular weight excluding hydrogens is 344 g/mol. The van der Waals surface area contributed by atoms with E-state index in [0.29, 0.717) is 22.8 Å². The number of hydrogen-bond acceptors (Lipinski definition) is 5. The molecule has 3 rings (SSSR count). The quantitative estimate of drug-likeness (QED) is 0.607. The number of hydrazine groups is 1. The fourth-order valence-electron chi connectivity index (χ4n) is 2.41. The van der Waals surface area contributed by atoms with Crippen molar-refractivity contribution in [1.29, 1.82) is 0 Å². The number of amides is 2. The highest BCUT2D eigenvalue weighted by Crippen LogP contribution is 2.27. The number of rotatable bonds is 5. The van der Waals surface area contributed by atoms with Gasteiger partial charge in [0.05, 0.1) is 18.4 Å². The molecule has 0 aliphatic carbocycles. The standard InChI is InChI=1S/C20H18N4O3/c1-27-17-12-6-5-11-16(17)22-18-15(10-7-13-21-18)20(26)24-23-19(25)14-8-3-2-4-9-14/h2-13H,1H3,(H,21,22)(H,23,25)(H,24,26). The van der Waals surface area contributed by atoms with Gasteiger partial charge in [-0.1, -0.05) is 30.3 Å². The van der Waals surface area contributed by atoms with Crippen LogP contribution in [-0.2, 0) is 0 Å². The highest BCUT2D eigenvalue weighted by atomic mass is 16.5. The first-order chi connectivity index (χ1) is 13.2. The third-order valence-corrected chi connectivity index (χ3v) is 3.74. The number of pyridine rings is 1. The summed E-state index contributed by atoms with van der Waals surface area (Å²) < 4.78 is 5.30. The highest BCUT2D eigenvalue weighted by molar-refractivity contribution is 6.02. The molecule has 0 radical (unpaired) electrons. The maximum atomic E-state index is 12.5. The van der Waals surface area contributed by atoms with Crippen molar-refractivity contribution in [3.63, 3.8) is 0 Å². The average Bonchev–Trinajstić information content (AvgIpc) is 2.73. The molecule has 2 aromatic carbocycles. The summed E-state index contributed by atoms with van der Waals surface area (Å²) in [7, 11) is 1.56. The van der Waals surface area contributed by atoms with E-state index in [4.69, 9.17) is 4.74 Å². The van der Waals surface area contributed by atoms with Crippen molar-refractivity contribution in [3.05, 3.63) is 84.1 Å². The predicted molar refractivity (Wildman–Crippen MR) is 102 cm³/mol. The molecule has 1 aromatic heterocycles. The Morgan fingerprint density at radius 2 is 1.56 bits per heavy atom. The van der Waals surface area contributed by atoms with E-state index >= 15 is 0 Å². The Balaban J connectivity index is 1.73. The van der Waals surface area contributed by atoms with E-state index < -0.39 is 11.8 Å². The fourth-order valence-corrected chi connectivity index (χ4v) is 2.41. The molecular formula is C20H18N4O3. The summed E-state index contributed by atoms with van der Waals surface area (Å²) in [5, 5.41) is 3.08. The number of aromatic nitrogens is 1. The zero-order valence-electron chi connectivity index (χ0n) is 14.6. The van der Waals surface area contributed by atoms with Crippen LogP contribution in [0.4, 0.5) is 11.5 Å². The molecule has 0 aliphatic heterocycles. The highest BCUT2D eigenvalue weighted by Gasteiger charge is 2.15. The summed E-state index contributed by atoms with van der Waals surface area (Å²) >= 11 is 0. The summed E-state index contributed by atoms with van der Waals surface area (Å²) in [6.07, 6.45) is 1.57. The van der Waals surface area contributed by atoms with Crippen LogP contribution in [0.3, 0.4) is 0 Å². The number of carbonyl (C=O) groups excluding carboxylic acids is 2. The van der Waals surface area contributed by atoms with Crippen molar-refractivity contribution >= 4 is 23.3 Å². The first-order valence-electron chi connectivity index (χ1n) is 8.20. The van der Waals surface area contributed by atoms with Crippen molar-refractivity contribution in [3.8, 4) is 5.75 Å². The van der Waals surface area contributed by atoms with E-state index in [1.165, 1.54) is 0 Å². The maximum Gasteiger partial charge on any atom is 0.273 e. The predicted octanol–water partition coefficient (Wildman–Crippen LogP) is 2.91. The van der Waals surface area contributed by atoms with Crippen molar-refractivity contribution in [2.75, 3.05) is 12.4 Å². The molecule has 1 heterocycles. The number of hydrogen-bond donors (Lipinski definition) is 3. The van der Waals surface area contributed by atoms with E-state index in [9.17, 15) is 9.59 Å². The Hall–Kier alpha value is -3.87. The van der Waals surface area contributed by atoms with Crippen LogP contribution in [0.5, 0.6) is 5.75 Å². The summed E-state index contributed by atoms with van der Waals surface area (Å²) in [6, 6.07) is 19.1. The third kappa shape index (κ3) is 4.40.